The normalized spacial score (nSPS) is 15.9. The maximum Gasteiger partial charge on any atom is 0.129 e. The molecule has 0 aliphatic carbocycles. The standard InChI is InChI=1S/C13H18ClN3/c1-10-4-3-5-17(9-10)13-6-11(7-15-2)12(14)8-16-13/h4,6,8,15H,3,5,7,9H2,1-2H3. The molecular weight excluding hydrogens is 234 g/mol. The first-order valence-electron chi connectivity index (χ1n) is 5.90. The third kappa shape index (κ3) is 2.99. The van der Waals surface area contributed by atoms with Crippen LogP contribution in [-0.4, -0.2) is 25.1 Å². The van der Waals surface area contributed by atoms with Gasteiger partial charge in [-0.3, -0.25) is 0 Å². The minimum absolute atomic E-state index is 0.729. The van der Waals surface area contributed by atoms with Crippen molar-refractivity contribution in [3.63, 3.8) is 0 Å². The summed E-state index contributed by atoms with van der Waals surface area (Å²) in [6.45, 7) is 4.94. The molecule has 0 amide bonds. The van der Waals surface area contributed by atoms with Crippen molar-refractivity contribution >= 4 is 17.4 Å². The fourth-order valence-electron chi connectivity index (χ4n) is 2.07. The molecule has 2 heterocycles. The molecule has 0 saturated heterocycles. The highest BCUT2D eigenvalue weighted by molar-refractivity contribution is 6.31. The molecule has 0 radical (unpaired) electrons. The molecule has 0 spiro atoms. The van der Waals surface area contributed by atoms with Gasteiger partial charge in [0, 0.05) is 25.8 Å². The second kappa shape index (κ2) is 5.52. The third-order valence-corrected chi connectivity index (χ3v) is 3.28. The lowest BCUT2D eigenvalue weighted by Crippen LogP contribution is -2.30. The van der Waals surface area contributed by atoms with Crippen LogP contribution >= 0.6 is 11.6 Å². The molecule has 17 heavy (non-hydrogen) atoms. The Balaban J connectivity index is 2.21. The van der Waals surface area contributed by atoms with Crippen molar-refractivity contribution in [2.75, 3.05) is 25.0 Å². The molecule has 0 fully saturated rings. The van der Waals surface area contributed by atoms with Crippen LogP contribution in [0.5, 0.6) is 0 Å². The molecule has 4 heteroatoms. The van der Waals surface area contributed by atoms with E-state index < -0.39 is 0 Å². The number of hydrogen-bond acceptors (Lipinski definition) is 3. The summed E-state index contributed by atoms with van der Waals surface area (Å²) in [5.41, 5.74) is 2.51. The van der Waals surface area contributed by atoms with Crippen molar-refractivity contribution in [2.24, 2.45) is 0 Å². The van der Waals surface area contributed by atoms with Crippen molar-refractivity contribution in [3.05, 3.63) is 34.5 Å². The van der Waals surface area contributed by atoms with Crippen LogP contribution in [-0.2, 0) is 6.54 Å². The molecule has 3 nitrogen and oxygen atoms in total. The highest BCUT2D eigenvalue weighted by Gasteiger charge is 2.13. The van der Waals surface area contributed by atoms with Gasteiger partial charge in [-0.2, -0.15) is 0 Å². The molecule has 0 unspecified atom stereocenters. The van der Waals surface area contributed by atoms with Crippen molar-refractivity contribution in [1.82, 2.24) is 10.3 Å². The number of rotatable bonds is 3. The average Bonchev–Trinajstić information content (AvgIpc) is 2.32. The summed E-state index contributed by atoms with van der Waals surface area (Å²) in [4.78, 5) is 6.71. The number of anilines is 1. The molecule has 0 atom stereocenters. The molecule has 1 aliphatic rings. The fraction of sp³-hybridized carbons (Fsp3) is 0.462. The Morgan fingerprint density at radius 3 is 3.06 bits per heavy atom. The van der Waals surface area contributed by atoms with Crippen LogP contribution in [0, 0.1) is 0 Å². The maximum absolute atomic E-state index is 6.11. The van der Waals surface area contributed by atoms with Crippen LogP contribution in [0.1, 0.15) is 18.9 Å². The molecule has 92 valence electrons. The van der Waals surface area contributed by atoms with Crippen LogP contribution in [0.4, 0.5) is 5.82 Å². The summed E-state index contributed by atoms with van der Waals surface area (Å²) in [5, 5.41) is 3.85. The lowest BCUT2D eigenvalue weighted by molar-refractivity contribution is 0.771. The van der Waals surface area contributed by atoms with Crippen LogP contribution < -0.4 is 10.2 Å². The van der Waals surface area contributed by atoms with E-state index in [9.17, 15) is 0 Å². The molecule has 0 bridgehead atoms. The van der Waals surface area contributed by atoms with Crippen molar-refractivity contribution < 1.29 is 0 Å². The average molecular weight is 252 g/mol. The van der Waals surface area contributed by atoms with E-state index in [4.69, 9.17) is 11.6 Å². The van der Waals surface area contributed by atoms with Gasteiger partial charge in [0.2, 0.25) is 0 Å². The first kappa shape index (κ1) is 12.4. The van der Waals surface area contributed by atoms with Crippen molar-refractivity contribution in [2.45, 2.75) is 19.9 Å². The largest absolute Gasteiger partial charge is 0.352 e. The Kier molecular flexibility index (Phi) is 4.02. The van der Waals surface area contributed by atoms with Gasteiger partial charge in [0.25, 0.3) is 0 Å². The monoisotopic (exact) mass is 251 g/mol. The minimum atomic E-state index is 0.729. The van der Waals surface area contributed by atoms with Crippen molar-refractivity contribution in [3.8, 4) is 0 Å². The number of pyridine rings is 1. The van der Waals surface area contributed by atoms with E-state index in [2.05, 4.69) is 34.3 Å². The Bertz CT molecular complexity index is 429. The summed E-state index contributed by atoms with van der Waals surface area (Å²) in [5.74, 6) is 1.02. The number of halogens is 1. The quantitative estimate of drug-likeness (QED) is 0.837. The van der Waals surface area contributed by atoms with Gasteiger partial charge in [-0.15, -0.1) is 0 Å². The number of hydrogen-bond donors (Lipinski definition) is 1. The van der Waals surface area contributed by atoms with E-state index in [1.165, 1.54) is 5.57 Å². The van der Waals surface area contributed by atoms with E-state index in [0.717, 1.165) is 42.5 Å². The Labute approximate surface area is 107 Å². The molecule has 0 saturated carbocycles. The summed E-state index contributed by atoms with van der Waals surface area (Å²) in [6, 6.07) is 2.08. The first-order chi connectivity index (χ1) is 8.20. The third-order valence-electron chi connectivity index (χ3n) is 2.94. The van der Waals surface area contributed by atoms with E-state index in [1.54, 1.807) is 6.20 Å². The molecule has 1 aliphatic heterocycles. The van der Waals surface area contributed by atoms with E-state index in [0.29, 0.717) is 0 Å². The molecule has 1 aromatic rings. The number of nitrogens with zero attached hydrogens (tertiary/aromatic N) is 2. The van der Waals surface area contributed by atoms with Gasteiger partial charge in [-0.1, -0.05) is 23.3 Å². The zero-order valence-corrected chi connectivity index (χ0v) is 11.1. The fourth-order valence-corrected chi connectivity index (χ4v) is 2.24. The summed E-state index contributed by atoms with van der Waals surface area (Å²) < 4.78 is 0. The number of aromatic nitrogens is 1. The smallest absolute Gasteiger partial charge is 0.129 e. The number of nitrogens with one attached hydrogen (secondary N) is 1. The molecule has 0 aromatic carbocycles. The summed E-state index contributed by atoms with van der Waals surface area (Å²) in [7, 11) is 1.92. The van der Waals surface area contributed by atoms with Crippen LogP contribution in [0.15, 0.2) is 23.9 Å². The van der Waals surface area contributed by atoms with Gasteiger partial charge in [-0.25, -0.2) is 4.98 Å². The zero-order valence-electron chi connectivity index (χ0n) is 10.3. The van der Waals surface area contributed by atoms with Gasteiger partial charge in [0.15, 0.2) is 0 Å². The second-order valence-corrected chi connectivity index (χ2v) is 4.83. The lowest BCUT2D eigenvalue weighted by atomic mass is 10.1. The predicted molar refractivity (Wildman–Crippen MR) is 72.6 cm³/mol. The van der Waals surface area contributed by atoms with Gasteiger partial charge in [-0.05, 0) is 32.0 Å². The van der Waals surface area contributed by atoms with Crippen LogP contribution in [0.3, 0.4) is 0 Å². The summed E-state index contributed by atoms with van der Waals surface area (Å²) in [6.07, 6.45) is 5.13. The van der Waals surface area contributed by atoms with E-state index in [-0.39, 0.29) is 0 Å². The summed E-state index contributed by atoms with van der Waals surface area (Å²) >= 11 is 6.11. The van der Waals surface area contributed by atoms with Gasteiger partial charge < -0.3 is 10.2 Å². The Hall–Kier alpha value is -1.06. The second-order valence-electron chi connectivity index (χ2n) is 4.42. The van der Waals surface area contributed by atoms with Crippen molar-refractivity contribution in [1.29, 1.82) is 0 Å². The topological polar surface area (TPSA) is 28.2 Å². The zero-order chi connectivity index (χ0) is 12.3. The van der Waals surface area contributed by atoms with E-state index >= 15 is 0 Å². The highest BCUT2D eigenvalue weighted by atomic mass is 35.5. The Morgan fingerprint density at radius 1 is 1.53 bits per heavy atom. The maximum atomic E-state index is 6.11. The SMILES string of the molecule is CNCc1cc(N2CCC=C(C)C2)ncc1Cl. The van der Waals surface area contributed by atoms with Gasteiger partial charge >= 0.3 is 0 Å². The Morgan fingerprint density at radius 2 is 2.35 bits per heavy atom. The minimum Gasteiger partial charge on any atom is -0.352 e. The molecule has 2 rings (SSSR count). The molecular formula is C13H18ClN3. The highest BCUT2D eigenvalue weighted by Crippen LogP contribution is 2.22. The van der Waals surface area contributed by atoms with E-state index in [1.807, 2.05) is 7.05 Å². The molecule has 1 aromatic heterocycles. The predicted octanol–water partition coefficient (Wildman–Crippen LogP) is 2.61. The first-order valence-corrected chi connectivity index (χ1v) is 6.28. The van der Waals surface area contributed by atoms with Crippen LogP contribution in [0.2, 0.25) is 5.02 Å². The van der Waals surface area contributed by atoms with Gasteiger partial charge in [0.05, 0.1) is 5.02 Å². The molecule has 1 N–H and O–H groups in total. The lowest BCUT2D eigenvalue weighted by Gasteiger charge is -2.27. The van der Waals surface area contributed by atoms with Crippen LogP contribution in [0.25, 0.3) is 0 Å². The van der Waals surface area contributed by atoms with Gasteiger partial charge in [0.1, 0.15) is 5.82 Å².